The number of rotatable bonds is 5. The highest BCUT2D eigenvalue weighted by atomic mass is 16.8. The number of ether oxygens (including phenoxy) is 4. The number of benzene rings is 1. The van der Waals surface area contributed by atoms with Crippen LogP contribution in [0.2, 0.25) is 0 Å². The highest BCUT2D eigenvalue weighted by molar-refractivity contribution is 5.93. The third-order valence-electron chi connectivity index (χ3n) is 2.50. The zero-order valence-electron chi connectivity index (χ0n) is 12.8. The standard InChI is InChI=1S/C15H18O7/c1-9(2)13(16)20-10(3)21-15(18)22-12-8-6-5-7-11(12)14(17)19-4/h5-10H,1-4H3. The van der Waals surface area contributed by atoms with E-state index in [0.29, 0.717) is 0 Å². The first-order valence-electron chi connectivity index (χ1n) is 6.61. The van der Waals surface area contributed by atoms with Crippen LogP contribution in [0.3, 0.4) is 0 Å². The minimum atomic E-state index is -1.10. The van der Waals surface area contributed by atoms with Crippen molar-refractivity contribution in [2.75, 3.05) is 7.11 Å². The van der Waals surface area contributed by atoms with Gasteiger partial charge in [-0.15, -0.1) is 0 Å². The van der Waals surface area contributed by atoms with E-state index in [9.17, 15) is 14.4 Å². The molecule has 0 saturated heterocycles. The van der Waals surface area contributed by atoms with E-state index in [1.165, 1.54) is 26.2 Å². The first-order chi connectivity index (χ1) is 10.3. The van der Waals surface area contributed by atoms with Crippen LogP contribution in [0.5, 0.6) is 5.75 Å². The quantitative estimate of drug-likeness (QED) is 0.469. The van der Waals surface area contributed by atoms with Gasteiger partial charge in [-0.3, -0.25) is 4.79 Å². The molecule has 0 aromatic heterocycles. The molecule has 0 aliphatic rings. The third kappa shape index (κ3) is 5.08. The van der Waals surface area contributed by atoms with Gasteiger partial charge in [0.2, 0.25) is 6.29 Å². The van der Waals surface area contributed by atoms with E-state index >= 15 is 0 Å². The Morgan fingerprint density at radius 1 is 1.00 bits per heavy atom. The molecular formula is C15H18O7. The molecule has 0 radical (unpaired) electrons. The molecule has 0 heterocycles. The van der Waals surface area contributed by atoms with Crippen LogP contribution in [0.15, 0.2) is 24.3 Å². The number of para-hydroxylation sites is 1. The van der Waals surface area contributed by atoms with Gasteiger partial charge in [-0.25, -0.2) is 9.59 Å². The lowest BCUT2D eigenvalue weighted by Crippen LogP contribution is -2.26. The fraction of sp³-hybridized carbons (Fsp3) is 0.400. The van der Waals surface area contributed by atoms with Gasteiger partial charge in [0.05, 0.1) is 13.0 Å². The number of carbonyl (C=O) groups excluding carboxylic acids is 3. The molecule has 0 bridgehead atoms. The maximum absolute atomic E-state index is 11.6. The second-order valence-corrected chi connectivity index (χ2v) is 4.62. The smallest absolute Gasteiger partial charge is 0.465 e. The third-order valence-corrected chi connectivity index (χ3v) is 2.50. The van der Waals surface area contributed by atoms with E-state index in [1.807, 2.05) is 0 Å². The maximum Gasteiger partial charge on any atom is 0.516 e. The summed E-state index contributed by atoms with van der Waals surface area (Å²) in [5.41, 5.74) is 0.0776. The highest BCUT2D eigenvalue weighted by Gasteiger charge is 2.20. The zero-order chi connectivity index (χ0) is 16.7. The predicted molar refractivity (Wildman–Crippen MR) is 75.3 cm³/mol. The van der Waals surface area contributed by atoms with E-state index in [-0.39, 0.29) is 17.2 Å². The van der Waals surface area contributed by atoms with E-state index in [4.69, 9.17) is 14.2 Å². The Morgan fingerprint density at radius 3 is 2.23 bits per heavy atom. The van der Waals surface area contributed by atoms with Crippen molar-refractivity contribution in [2.45, 2.75) is 27.1 Å². The summed E-state index contributed by atoms with van der Waals surface area (Å²) in [6.45, 7) is 4.69. The normalized spacial score (nSPS) is 11.5. The maximum atomic E-state index is 11.6. The Labute approximate surface area is 128 Å². The van der Waals surface area contributed by atoms with Crippen molar-refractivity contribution in [1.29, 1.82) is 0 Å². The topological polar surface area (TPSA) is 88.1 Å². The van der Waals surface area contributed by atoms with Crippen molar-refractivity contribution in [3.8, 4) is 5.75 Å². The molecule has 1 aromatic rings. The Morgan fingerprint density at radius 2 is 1.64 bits per heavy atom. The SMILES string of the molecule is COC(=O)c1ccccc1OC(=O)OC(C)OC(=O)C(C)C. The second kappa shape index (κ2) is 8.02. The minimum Gasteiger partial charge on any atom is -0.465 e. The van der Waals surface area contributed by atoms with E-state index in [1.54, 1.807) is 26.0 Å². The van der Waals surface area contributed by atoms with Gasteiger partial charge >= 0.3 is 18.1 Å². The highest BCUT2D eigenvalue weighted by Crippen LogP contribution is 2.19. The van der Waals surface area contributed by atoms with Gasteiger partial charge in [-0.2, -0.15) is 0 Å². The summed E-state index contributed by atoms with van der Waals surface area (Å²) in [4.78, 5) is 34.5. The zero-order valence-corrected chi connectivity index (χ0v) is 12.8. The lowest BCUT2D eigenvalue weighted by Gasteiger charge is -2.15. The van der Waals surface area contributed by atoms with Crippen LogP contribution in [-0.4, -0.2) is 31.5 Å². The summed E-state index contributed by atoms with van der Waals surface area (Å²) >= 11 is 0. The van der Waals surface area contributed by atoms with Gasteiger partial charge in [0.1, 0.15) is 11.3 Å². The summed E-state index contributed by atoms with van der Waals surface area (Å²) < 4.78 is 19.2. The Hall–Kier alpha value is -2.57. The average molecular weight is 310 g/mol. The van der Waals surface area contributed by atoms with Crippen LogP contribution in [0.1, 0.15) is 31.1 Å². The molecule has 120 valence electrons. The number of methoxy groups -OCH3 is 1. The van der Waals surface area contributed by atoms with Crippen LogP contribution in [0.4, 0.5) is 4.79 Å². The van der Waals surface area contributed by atoms with E-state index < -0.39 is 24.4 Å². The molecule has 0 fully saturated rings. The van der Waals surface area contributed by atoms with Crippen LogP contribution in [-0.2, 0) is 19.0 Å². The van der Waals surface area contributed by atoms with Gasteiger partial charge < -0.3 is 18.9 Å². The van der Waals surface area contributed by atoms with Gasteiger partial charge in [0.25, 0.3) is 0 Å². The molecular weight excluding hydrogens is 292 g/mol. The van der Waals surface area contributed by atoms with Crippen LogP contribution in [0.25, 0.3) is 0 Å². The first-order valence-corrected chi connectivity index (χ1v) is 6.61. The molecule has 7 nitrogen and oxygen atoms in total. The molecule has 22 heavy (non-hydrogen) atoms. The molecule has 0 amide bonds. The van der Waals surface area contributed by atoms with Crippen molar-refractivity contribution in [3.63, 3.8) is 0 Å². The van der Waals surface area contributed by atoms with E-state index in [2.05, 4.69) is 4.74 Å². The van der Waals surface area contributed by atoms with Crippen LogP contribution >= 0.6 is 0 Å². The fourth-order valence-electron chi connectivity index (χ4n) is 1.41. The molecule has 0 saturated carbocycles. The average Bonchev–Trinajstić information content (AvgIpc) is 2.46. The van der Waals surface area contributed by atoms with E-state index in [0.717, 1.165) is 0 Å². The number of hydrogen-bond acceptors (Lipinski definition) is 7. The minimum absolute atomic E-state index is 0.0123. The molecule has 1 rings (SSSR count). The largest absolute Gasteiger partial charge is 0.516 e. The lowest BCUT2D eigenvalue weighted by atomic mass is 10.2. The molecule has 1 unspecified atom stereocenters. The van der Waals surface area contributed by atoms with Gasteiger partial charge in [-0.05, 0) is 12.1 Å². The van der Waals surface area contributed by atoms with Crippen molar-refractivity contribution < 1.29 is 33.3 Å². The molecule has 1 atom stereocenters. The Balaban J connectivity index is 2.66. The molecule has 1 aromatic carbocycles. The number of esters is 2. The van der Waals surface area contributed by atoms with Crippen molar-refractivity contribution >= 4 is 18.1 Å². The Kier molecular flexibility index (Phi) is 6.37. The molecule has 0 spiro atoms. The summed E-state index contributed by atoms with van der Waals surface area (Å²) in [6.07, 6.45) is -2.20. The van der Waals surface area contributed by atoms with Gasteiger partial charge in [0.15, 0.2) is 0 Å². The second-order valence-electron chi connectivity index (χ2n) is 4.62. The molecule has 7 heteroatoms. The fourth-order valence-corrected chi connectivity index (χ4v) is 1.41. The molecule has 0 aliphatic carbocycles. The summed E-state index contributed by atoms with van der Waals surface area (Å²) in [7, 11) is 1.21. The monoisotopic (exact) mass is 310 g/mol. The number of hydrogen-bond donors (Lipinski definition) is 0. The summed E-state index contributed by atoms with van der Waals surface area (Å²) in [6, 6.07) is 6.03. The van der Waals surface area contributed by atoms with Crippen LogP contribution < -0.4 is 4.74 Å². The van der Waals surface area contributed by atoms with Crippen molar-refractivity contribution in [2.24, 2.45) is 5.92 Å². The van der Waals surface area contributed by atoms with Gasteiger partial charge in [0, 0.05) is 6.92 Å². The summed E-state index contributed by atoms with van der Waals surface area (Å²) in [5.74, 6) is -1.51. The lowest BCUT2D eigenvalue weighted by molar-refractivity contribution is -0.170. The Bertz CT molecular complexity index is 551. The van der Waals surface area contributed by atoms with Crippen LogP contribution in [0, 0.1) is 5.92 Å². The molecule has 0 aliphatic heterocycles. The number of carbonyl (C=O) groups is 3. The van der Waals surface area contributed by atoms with Crippen molar-refractivity contribution in [3.05, 3.63) is 29.8 Å². The first kappa shape index (κ1) is 17.5. The van der Waals surface area contributed by atoms with Gasteiger partial charge in [-0.1, -0.05) is 26.0 Å². The van der Waals surface area contributed by atoms with Crippen molar-refractivity contribution in [1.82, 2.24) is 0 Å². The summed E-state index contributed by atoms with van der Waals surface area (Å²) in [5, 5.41) is 0. The predicted octanol–water partition coefficient (Wildman–Crippen LogP) is 2.53. The molecule has 0 N–H and O–H groups in total.